The highest BCUT2D eigenvalue weighted by Crippen LogP contribution is 2.39. The van der Waals surface area contributed by atoms with Crippen LogP contribution < -0.4 is 5.32 Å². The highest BCUT2D eigenvalue weighted by Gasteiger charge is 2.42. The van der Waals surface area contributed by atoms with Crippen LogP contribution in [0.2, 0.25) is 0 Å². The zero-order chi connectivity index (χ0) is 11.2. The fourth-order valence-electron chi connectivity index (χ4n) is 2.64. The van der Waals surface area contributed by atoms with Crippen molar-refractivity contribution in [1.82, 2.24) is 5.32 Å². The van der Waals surface area contributed by atoms with E-state index in [1.807, 2.05) is 0 Å². The van der Waals surface area contributed by atoms with Crippen LogP contribution in [0.15, 0.2) is 18.2 Å². The lowest BCUT2D eigenvalue weighted by Gasteiger charge is -2.24. The van der Waals surface area contributed by atoms with E-state index in [1.165, 1.54) is 29.5 Å². The standard InChI is InChI=1S/C14H16N2/c1-10-2-3-11-6-7-14(9-15,13(11)8-10)16-12-4-5-12/h2-3,8,12,16H,4-7H2,1H3. The largest absolute Gasteiger partial charge is 0.293 e. The molecule has 1 saturated carbocycles. The summed E-state index contributed by atoms with van der Waals surface area (Å²) in [5.74, 6) is 0. The van der Waals surface area contributed by atoms with Gasteiger partial charge < -0.3 is 0 Å². The third-order valence-corrected chi connectivity index (χ3v) is 3.71. The Hall–Kier alpha value is -1.33. The Morgan fingerprint density at radius 2 is 2.25 bits per heavy atom. The minimum Gasteiger partial charge on any atom is -0.293 e. The summed E-state index contributed by atoms with van der Waals surface area (Å²) in [5.41, 5.74) is 3.42. The quantitative estimate of drug-likeness (QED) is 0.817. The van der Waals surface area contributed by atoms with Gasteiger partial charge in [-0.3, -0.25) is 5.32 Å². The van der Waals surface area contributed by atoms with Crippen LogP contribution in [-0.2, 0) is 12.0 Å². The van der Waals surface area contributed by atoms with E-state index in [9.17, 15) is 5.26 Å². The molecule has 1 fully saturated rings. The molecule has 2 heteroatoms. The molecule has 2 nitrogen and oxygen atoms in total. The molecule has 16 heavy (non-hydrogen) atoms. The Labute approximate surface area is 96.3 Å². The van der Waals surface area contributed by atoms with Gasteiger partial charge in [0.05, 0.1) is 6.07 Å². The lowest BCUT2D eigenvalue weighted by Crippen LogP contribution is -2.40. The summed E-state index contributed by atoms with van der Waals surface area (Å²) in [6.45, 7) is 2.10. The van der Waals surface area contributed by atoms with Crippen LogP contribution in [-0.4, -0.2) is 6.04 Å². The number of nitriles is 1. The number of nitrogens with zero attached hydrogens (tertiary/aromatic N) is 1. The van der Waals surface area contributed by atoms with E-state index in [0.29, 0.717) is 6.04 Å². The van der Waals surface area contributed by atoms with Gasteiger partial charge in [0.25, 0.3) is 0 Å². The first kappa shape index (κ1) is 9.86. The Balaban J connectivity index is 2.04. The van der Waals surface area contributed by atoms with E-state index in [4.69, 9.17) is 0 Å². The van der Waals surface area contributed by atoms with E-state index in [2.05, 4.69) is 36.5 Å². The minimum absolute atomic E-state index is 0.400. The number of hydrogen-bond donors (Lipinski definition) is 1. The average molecular weight is 212 g/mol. The lowest BCUT2D eigenvalue weighted by molar-refractivity contribution is 0.421. The molecule has 2 aliphatic carbocycles. The molecule has 0 radical (unpaired) electrons. The van der Waals surface area contributed by atoms with Gasteiger partial charge in [-0.15, -0.1) is 0 Å². The lowest BCUT2D eigenvalue weighted by atomic mass is 9.92. The number of fused-ring (bicyclic) bond motifs is 1. The molecule has 0 aromatic heterocycles. The maximum atomic E-state index is 9.52. The summed E-state index contributed by atoms with van der Waals surface area (Å²) >= 11 is 0. The van der Waals surface area contributed by atoms with Gasteiger partial charge in [-0.2, -0.15) is 5.26 Å². The Morgan fingerprint density at radius 3 is 2.94 bits per heavy atom. The molecule has 0 bridgehead atoms. The molecule has 1 aromatic carbocycles. The Kier molecular flexibility index (Phi) is 2.05. The van der Waals surface area contributed by atoms with Crippen molar-refractivity contribution in [2.24, 2.45) is 0 Å². The molecule has 1 aromatic rings. The SMILES string of the molecule is Cc1ccc2c(c1)C(C#N)(NC1CC1)CC2. The maximum absolute atomic E-state index is 9.52. The van der Waals surface area contributed by atoms with Crippen molar-refractivity contribution in [3.8, 4) is 6.07 Å². The van der Waals surface area contributed by atoms with E-state index in [0.717, 1.165) is 12.8 Å². The van der Waals surface area contributed by atoms with Crippen LogP contribution in [0.25, 0.3) is 0 Å². The molecule has 0 saturated heterocycles. The van der Waals surface area contributed by atoms with Crippen LogP contribution in [0.3, 0.4) is 0 Å². The molecule has 2 aliphatic rings. The first-order valence-electron chi connectivity index (χ1n) is 6.02. The maximum Gasteiger partial charge on any atom is 0.133 e. The first-order valence-corrected chi connectivity index (χ1v) is 6.02. The number of hydrogen-bond acceptors (Lipinski definition) is 2. The summed E-state index contributed by atoms with van der Waals surface area (Å²) in [5, 5.41) is 13.1. The Bertz CT molecular complexity index is 468. The molecule has 1 atom stereocenters. The molecule has 0 aliphatic heterocycles. The predicted molar refractivity (Wildman–Crippen MR) is 62.9 cm³/mol. The minimum atomic E-state index is -0.400. The topological polar surface area (TPSA) is 35.8 Å². The van der Waals surface area contributed by atoms with Gasteiger partial charge in [-0.05, 0) is 43.7 Å². The molecule has 0 amide bonds. The third kappa shape index (κ3) is 1.44. The molecule has 0 spiro atoms. The van der Waals surface area contributed by atoms with Gasteiger partial charge in [0.2, 0.25) is 0 Å². The van der Waals surface area contributed by atoms with E-state index < -0.39 is 5.54 Å². The highest BCUT2D eigenvalue weighted by atomic mass is 15.0. The molecular weight excluding hydrogens is 196 g/mol. The van der Waals surface area contributed by atoms with Crippen molar-refractivity contribution in [3.05, 3.63) is 34.9 Å². The van der Waals surface area contributed by atoms with Crippen molar-refractivity contribution >= 4 is 0 Å². The second-order valence-electron chi connectivity index (χ2n) is 5.10. The van der Waals surface area contributed by atoms with Crippen LogP contribution in [0, 0.1) is 18.3 Å². The number of aryl methyl sites for hydroxylation is 2. The molecule has 0 heterocycles. The Morgan fingerprint density at radius 1 is 1.44 bits per heavy atom. The van der Waals surface area contributed by atoms with Crippen molar-refractivity contribution in [1.29, 1.82) is 5.26 Å². The van der Waals surface area contributed by atoms with Gasteiger partial charge in [0, 0.05) is 6.04 Å². The summed E-state index contributed by atoms with van der Waals surface area (Å²) in [4.78, 5) is 0. The predicted octanol–water partition coefficient (Wildman–Crippen LogP) is 2.41. The second kappa shape index (κ2) is 3.33. The third-order valence-electron chi connectivity index (χ3n) is 3.71. The van der Waals surface area contributed by atoms with Gasteiger partial charge >= 0.3 is 0 Å². The molecule has 1 unspecified atom stereocenters. The average Bonchev–Trinajstić information content (AvgIpc) is 3.02. The number of rotatable bonds is 2. The number of benzene rings is 1. The zero-order valence-electron chi connectivity index (χ0n) is 9.59. The van der Waals surface area contributed by atoms with Crippen molar-refractivity contribution in [3.63, 3.8) is 0 Å². The molecule has 82 valence electrons. The summed E-state index contributed by atoms with van der Waals surface area (Å²) in [6.07, 6.45) is 4.41. The van der Waals surface area contributed by atoms with Crippen LogP contribution in [0.4, 0.5) is 0 Å². The highest BCUT2D eigenvalue weighted by molar-refractivity contribution is 5.45. The van der Waals surface area contributed by atoms with Crippen LogP contribution in [0.5, 0.6) is 0 Å². The van der Waals surface area contributed by atoms with E-state index >= 15 is 0 Å². The van der Waals surface area contributed by atoms with Crippen LogP contribution >= 0.6 is 0 Å². The van der Waals surface area contributed by atoms with Crippen molar-refractivity contribution in [2.75, 3.05) is 0 Å². The summed E-state index contributed by atoms with van der Waals surface area (Å²) < 4.78 is 0. The normalized spacial score (nSPS) is 27.5. The van der Waals surface area contributed by atoms with Gasteiger partial charge in [-0.25, -0.2) is 0 Å². The summed E-state index contributed by atoms with van der Waals surface area (Å²) in [6, 6.07) is 9.60. The van der Waals surface area contributed by atoms with E-state index in [1.54, 1.807) is 0 Å². The first-order chi connectivity index (χ1) is 7.73. The fourth-order valence-corrected chi connectivity index (χ4v) is 2.64. The van der Waals surface area contributed by atoms with Gasteiger partial charge in [0.1, 0.15) is 5.54 Å². The fraction of sp³-hybridized carbons (Fsp3) is 0.500. The smallest absolute Gasteiger partial charge is 0.133 e. The zero-order valence-corrected chi connectivity index (χ0v) is 9.59. The van der Waals surface area contributed by atoms with Gasteiger partial charge in [0.15, 0.2) is 0 Å². The monoisotopic (exact) mass is 212 g/mol. The van der Waals surface area contributed by atoms with E-state index in [-0.39, 0.29) is 0 Å². The van der Waals surface area contributed by atoms with Crippen molar-refractivity contribution in [2.45, 2.75) is 44.2 Å². The number of nitrogens with one attached hydrogen (secondary N) is 1. The molecule has 1 N–H and O–H groups in total. The summed E-state index contributed by atoms with van der Waals surface area (Å²) in [7, 11) is 0. The second-order valence-corrected chi connectivity index (χ2v) is 5.10. The van der Waals surface area contributed by atoms with Crippen LogP contribution in [0.1, 0.15) is 36.0 Å². The van der Waals surface area contributed by atoms with Crippen molar-refractivity contribution < 1.29 is 0 Å². The van der Waals surface area contributed by atoms with Gasteiger partial charge in [-0.1, -0.05) is 23.8 Å². The molecular formula is C14H16N2. The molecule has 3 rings (SSSR count).